The number of fused-ring (bicyclic) bond motifs is 1. The molecule has 118 valence electrons. The van der Waals surface area contributed by atoms with Crippen LogP contribution < -0.4 is 5.32 Å². The average molecular weight is 308 g/mol. The van der Waals surface area contributed by atoms with Crippen LogP contribution in [0.4, 0.5) is 0 Å². The van der Waals surface area contributed by atoms with Crippen LogP contribution in [0.1, 0.15) is 28.3 Å². The molecule has 23 heavy (non-hydrogen) atoms. The molecule has 0 atom stereocenters. The third-order valence-electron chi connectivity index (χ3n) is 4.06. The van der Waals surface area contributed by atoms with Gasteiger partial charge in [-0.05, 0) is 32.4 Å². The number of aryl methyl sites for hydroxylation is 3. The van der Waals surface area contributed by atoms with E-state index in [2.05, 4.69) is 20.3 Å². The van der Waals surface area contributed by atoms with Crippen LogP contribution in [-0.4, -0.2) is 20.9 Å². The fourth-order valence-electron chi connectivity index (χ4n) is 2.62. The summed E-state index contributed by atoms with van der Waals surface area (Å²) in [6.45, 7) is 6.19. The highest BCUT2D eigenvalue weighted by atomic mass is 16.1. The predicted octanol–water partition coefficient (Wildman–Crippen LogP) is 2.74. The molecule has 0 fully saturated rings. The lowest BCUT2D eigenvalue weighted by Crippen LogP contribution is -2.25. The van der Waals surface area contributed by atoms with E-state index in [0.717, 1.165) is 39.2 Å². The second-order valence-corrected chi connectivity index (χ2v) is 5.74. The smallest absolute Gasteiger partial charge is 0.224 e. The van der Waals surface area contributed by atoms with Gasteiger partial charge in [0.05, 0.1) is 35.7 Å². The number of benzene rings is 1. The van der Waals surface area contributed by atoms with Crippen LogP contribution in [0, 0.1) is 20.8 Å². The first-order valence-electron chi connectivity index (χ1n) is 7.67. The molecule has 0 unspecified atom stereocenters. The Balaban J connectivity index is 1.67. The van der Waals surface area contributed by atoms with Gasteiger partial charge in [-0.25, -0.2) is 0 Å². The van der Waals surface area contributed by atoms with Crippen molar-refractivity contribution in [1.29, 1.82) is 0 Å². The molecular formula is C18H20N4O. The van der Waals surface area contributed by atoms with E-state index >= 15 is 0 Å². The Morgan fingerprint density at radius 1 is 1.09 bits per heavy atom. The van der Waals surface area contributed by atoms with Crippen LogP contribution in [0.2, 0.25) is 0 Å². The largest absolute Gasteiger partial charge is 0.361 e. The minimum absolute atomic E-state index is 0.0193. The second kappa shape index (κ2) is 6.20. The van der Waals surface area contributed by atoms with Gasteiger partial charge in [-0.3, -0.25) is 14.8 Å². The summed E-state index contributed by atoms with van der Waals surface area (Å²) in [5.41, 5.74) is 5.56. The summed E-state index contributed by atoms with van der Waals surface area (Å²) in [6, 6.07) is 7.98. The number of carbonyl (C=O) groups is 1. The maximum absolute atomic E-state index is 12.2. The van der Waals surface area contributed by atoms with Crippen LogP contribution >= 0.6 is 0 Å². The lowest BCUT2D eigenvalue weighted by molar-refractivity contribution is -0.120. The molecule has 0 bridgehead atoms. The number of hydrogen-bond donors (Lipinski definition) is 2. The summed E-state index contributed by atoms with van der Waals surface area (Å²) >= 11 is 0. The van der Waals surface area contributed by atoms with Gasteiger partial charge in [0, 0.05) is 17.1 Å². The van der Waals surface area contributed by atoms with Crippen LogP contribution in [0.5, 0.6) is 0 Å². The number of carbonyl (C=O) groups excluding carboxylic acids is 1. The number of aromatic nitrogens is 3. The van der Waals surface area contributed by atoms with Crippen molar-refractivity contribution in [3.8, 4) is 0 Å². The molecule has 0 radical (unpaired) electrons. The fourth-order valence-corrected chi connectivity index (χ4v) is 2.62. The van der Waals surface area contributed by atoms with E-state index in [1.807, 2.05) is 51.2 Å². The first-order valence-corrected chi connectivity index (χ1v) is 7.67. The molecule has 2 N–H and O–H groups in total. The summed E-state index contributed by atoms with van der Waals surface area (Å²) in [5.74, 6) is -0.0193. The average Bonchev–Trinajstić information content (AvgIpc) is 2.93. The number of aromatic amines is 1. The van der Waals surface area contributed by atoms with Crippen molar-refractivity contribution < 1.29 is 4.79 Å². The van der Waals surface area contributed by atoms with Gasteiger partial charge in [-0.15, -0.1) is 0 Å². The molecule has 5 heteroatoms. The zero-order valence-electron chi connectivity index (χ0n) is 13.6. The molecule has 0 aliphatic heterocycles. The lowest BCUT2D eigenvalue weighted by atomic mass is 10.1. The van der Waals surface area contributed by atoms with E-state index < -0.39 is 0 Å². The number of H-pyrrole nitrogens is 1. The molecule has 0 saturated heterocycles. The quantitative estimate of drug-likeness (QED) is 0.778. The van der Waals surface area contributed by atoms with Gasteiger partial charge in [0.1, 0.15) is 0 Å². The molecule has 5 nitrogen and oxygen atoms in total. The van der Waals surface area contributed by atoms with Crippen LogP contribution in [0.25, 0.3) is 10.9 Å². The van der Waals surface area contributed by atoms with Crippen LogP contribution in [0.15, 0.2) is 30.5 Å². The Bertz CT molecular complexity index is 867. The standard InChI is InChI=1S/C18H20N4O/c1-11-12(2)22-17(13(3)21-11)10-20-18(23)8-14-9-19-16-7-5-4-6-15(14)16/h4-7,9,19H,8,10H2,1-3H3,(H,20,23). The van der Waals surface area contributed by atoms with Crippen molar-refractivity contribution >= 4 is 16.8 Å². The molecule has 0 spiro atoms. The normalized spacial score (nSPS) is 10.9. The van der Waals surface area contributed by atoms with E-state index in [1.54, 1.807) is 0 Å². The van der Waals surface area contributed by atoms with Gasteiger partial charge < -0.3 is 10.3 Å². The third kappa shape index (κ3) is 3.23. The maximum Gasteiger partial charge on any atom is 0.224 e. The Kier molecular flexibility index (Phi) is 4.10. The topological polar surface area (TPSA) is 70.7 Å². The van der Waals surface area contributed by atoms with Crippen molar-refractivity contribution in [3.05, 3.63) is 58.8 Å². The molecule has 3 aromatic rings. The van der Waals surface area contributed by atoms with Crippen LogP contribution in [-0.2, 0) is 17.8 Å². The Morgan fingerprint density at radius 2 is 1.83 bits per heavy atom. The van der Waals surface area contributed by atoms with Crippen molar-refractivity contribution in [2.24, 2.45) is 0 Å². The van der Waals surface area contributed by atoms with Gasteiger partial charge in [0.15, 0.2) is 0 Å². The number of nitrogens with one attached hydrogen (secondary N) is 2. The predicted molar refractivity (Wildman–Crippen MR) is 90.1 cm³/mol. The minimum Gasteiger partial charge on any atom is -0.361 e. The third-order valence-corrected chi connectivity index (χ3v) is 4.06. The van der Waals surface area contributed by atoms with E-state index in [1.165, 1.54) is 0 Å². The number of para-hydroxylation sites is 1. The van der Waals surface area contributed by atoms with Gasteiger partial charge in [0.25, 0.3) is 0 Å². The Morgan fingerprint density at radius 3 is 2.65 bits per heavy atom. The monoisotopic (exact) mass is 308 g/mol. The number of amides is 1. The Hall–Kier alpha value is -2.69. The number of nitrogens with zero attached hydrogens (tertiary/aromatic N) is 2. The number of hydrogen-bond acceptors (Lipinski definition) is 3. The summed E-state index contributed by atoms with van der Waals surface area (Å²) in [7, 11) is 0. The molecule has 2 aromatic heterocycles. The van der Waals surface area contributed by atoms with Crippen molar-refractivity contribution in [3.63, 3.8) is 0 Å². The van der Waals surface area contributed by atoms with Crippen molar-refractivity contribution in [1.82, 2.24) is 20.3 Å². The van der Waals surface area contributed by atoms with E-state index in [0.29, 0.717) is 13.0 Å². The summed E-state index contributed by atoms with van der Waals surface area (Å²) in [4.78, 5) is 24.4. The lowest BCUT2D eigenvalue weighted by Gasteiger charge is -2.09. The van der Waals surface area contributed by atoms with Gasteiger partial charge in [-0.1, -0.05) is 18.2 Å². The molecule has 0 saturated carbocycles. The molecular weight excluding hydrogens is 288 g/mol. The molecule has 0 aliphatic rings. The summed E-state index contributed by atoms with van der Waals surface area (Å²) < 4.78 is 0. The van der Waals surface area contributed by atoms with Crippen molar-refractivity contribution in [2.75, 3.05) is 0 Å². The van der Waals surface area contributed by atoms with E-state index in [-0.39, 0.29) is 5.91 Å². The second-order valence-electron chi connectivity index (χ2n) is 5.74. The van der Waals surface area contributed by atoms with Crippen molar-refractivity contribution in [2.45, 2.75) is 33.7 Å². The van der Waals surface area contributed by atoms with Crippen LogP contribution in [0.3, 0.4) is 0 Å². The highest BCUT2D eigenvalue weighted by molar-refractivity contribution is 5.88. The molecule has 0 aliphatic carbocycles. The van der Waals surface area contributed by atoms with E-state index in [9.17, 15) is 4.79 Å². The highest BCUT2D eigenvalue weighted by Gasteiger charge is 2.10. The zero-order chi connectivity index (χ0) is 16.4. The Labute approximate surface area is 135 Å². The minimum atomic E-state index is -0.0193. The van der Waals surface area contributed by atoms with Gasteiger partial charge >= 0.3 is 0 Å². The molecule has 3 rings (SSSR count). The highest BCUT2D eigenvalue weighted by Crippen LogP contribution is 2.18. The maximum atomic E-state index is 12.2. The van der Waals surface area contributed by atoms with Gasteiger partial charge in [-0.2, -0.15) is 0 Å². The van der Waals surface area contributed by atoms with E-state index in [4.69, 9.17) is 0 Å². The number of rotatable bonds is 4. The zero-order valence-corrected chi connectivity index (χ0v) is 13.6. The molecule has 2 heterocycles. The summed E-state index contributed by atoms with van der Waals surface area (Å²) in [5, 5.41) is 4.02. The first-order chi connectivity index (χ1) is 11.0. The molecule has 1 amide bonds. The fraction of sp³-hybridized carbons (Fsp3) is 0.278. The summed E-state index contributed by atoms with van der Waals surface area (Å²) in [6.07, 6.45) is 2.24. The first kappa shape index (κ1) is 15.2. The SMILES string of the molecule is Cc1nc(C)c(CNC(=O)Cc2c[nH]c3ccccc23)nc1C. The van der Waals surface area contributed by atoms with Gasteiger partial charge in [0.2, 0.25) is 5.91 Å². The molecule has 1 aromatic carbocycles.